The number of rotatable bonds is 3. The van der Waals surface area contributed by atoms with Gasteiger partial charge < -0.3 is 14.7 Å². The summed E-state index contributed by atoms with van der Waals surface area (Å²) in [6, 6.07) is 5.94. The molecule has 0 amide bonds. The average Bonchev–Trinajstić information content (AvgIpc) is 2.32. The Morgan fingerprint density at radius 1 is 1.65 bits per heavy atom. The van der Waals surface area contributed by atoms with Crippen molar-refractivity contribution in [3.05, 3.63) is 18.2 Å². The standard InChI is InChI=1S/C12H15NO3S/c1-13-8(5-12(14)15)7-17-11-4-3-9(16-2)6-10(11)13/h3-4,6,8H,5,7H2,1-2H3,(H,14,15). The van der Waals surface area contributed by atoms with Gasteiger partial charge in [-0.05, 0) is 12.1 Å². The number of anilines is 1. The predicted octanol–water partition coefficient (Wildman–Crippen LogP) is 2.08. The van der Waals surface area contributed by atoms with Crippen LogP contribution in [0, 0.1) is 0 Å². The molecule has 0 aliphatic carbocycles. The van der Waals surface area contributed by atoms with Gasteiger partial charge >= 0.3 is 5.97 Å². The predicted molar refractivity (Wildman–Crippen MR) is 68.2 cm³/mol. The Bertz CT molecular complexity index is 436. The molecule has 1 atom stereocenters. The molecule has 17 heavy (non-hydrogen) atoms. The van der Waals surface area contributed by atoms with E-state index in [-0.39, 0.29) is 12.5 Å². The van der Waals surface area contributed by atoms with Gasteiger partial charge in [0.1, 0.15) is 5.75 Å². The summed E-state index contributed by atoms with van der Waals surface area (Å²) in [6.07, 6.45) is 0.167. The van der Waals surface area contributed by atoms with Gasteiger partial charge in [-0.25, -0.2) is 0 Å². The first-order valence-corrected chi connectivity index (χ1v) is 6.36. The number of hydrogen-bond acceptors (Lipinski definition) is 4. The van der Waals surface area contributed by atoms with Crippen LogP contribution in [0.5, 0.6) is 5.75 Å². The lowest BCUT2D eigenvalue weighted by molar-refractivity contribution is -0.137. The van der Waals surface area contributed by atoms with Crippen molar-refractivity contribution in [2.75, 3.05) is 24.8 Å². The van der Waals surface area contributed by atoms with E-state index >= 15 is 0 Å². The van der Waals surface area contributed by atoms with Gasteiger partial charge in [0.05, 0.1) is 19.2 Å². The maximum atomic E-state index is 10.8. The highest BCUT2D eigenvalue weighted by atomic mass is 32.2. The molecule has 92 valence electrons. The number of carboxylic acids is 1. The van der Waals surface area contributed by atoms with Crippen LogP contribution in [0.4, 0.5) is 5.69 Å². The topological polar surface area (TPSA) is 49.8 Å². The molecule has 1 aliphatic rings. The smallest absolute Gasteiger partial charge is 0.305 e. The number of ether oxygens (including phenoxy) is 1. The monoisotopic (exact) mass is 253 g/mol. The summed E-state index contributed by atoms with van der Waals surface area (Å²) in [5, 5.41) is 8.87. The molecule has 0 aromatic heterocycles. The fourth-order valence-electron chi connectivity index (χ4n) is 1.91. The van der Waals surface area contributed by atoms with Gasteiger partial charge in [-0.2, -0.15) is 0 Å². The summed E-state index contributed by atoms with van der Waals surface area (Å²) in [7, 11) is 3.57. The van der Waals surface area contributed by atoms with Crippen LogP contribution < -0.4 is 9.64 Å². The highest BCUT2D eigenvalue weighted by Gasteiger charge is 2.26. The van der Waals surface area contributed by atoms with Gasteiger partial charge in [-0.15, -0.1) is 11.8 Å². The van der Waals surface area contributed by atoms with Crippen LogP contribution in [0.3, 0.4) is 0 Å². The number of fused-ring (bicyclic) bond motifs is 1. The first-order chi connectivity index (χ1) is 8.11. The zero-order valence-corrected chi connectivity index (χ0v) is 10.7. The minimum absolute atomic E-state index is 0.0390. The largest absolute Gasteiger partial charge is 0.497 e. The summed E-state index contributed by atoms with van der Waals surface area (Å²) < 4.78 is 5.19. The third kappa shape index (κ3) is 2.49. The van der Waals surface area contributed by atoms with Crippen LogP contribution in [0.2, 0.25) is 0 Å². The summed E-state index contributed by atoms with van der Waals surface area (Å²) in [5.41, 5.74) is 1.05. The Balaban J connectivity index is 2.26. The molecular formula is C12H15NO3S. The summed E-state index contributed by atoms with van der Waals surface area (Å²) in [4.78, 5) is 14.0. The highest BCUT2D eigenvalue weighted by molar-refractivity contribution is 7.99. The van der Waals surface area contributed by atoms with Crippen LogP contribution in [0.15, 0.2) is 23.1 Å². The van der Waals surface area contributed by atoms with Gasteiger partial charge in [0, 0.05) is 29.8 Å². The van der Waals surface area contributed by atoms with E-state index in [0.717, 1.165) is 17.2 Å². The van der Waals surface area contributed by atoms with Gasteiger partial charge in [0.2, 0.25) is 0 Å². The number of methoxy groups -OCH3 is 1. The van der Waals surface area contributed by atoms with E-state index in [1.54, 1.807) is 18.9 Å². The lowest BCUT2D eigenvalue weighted by Gasteiger charge is -2.34. The third-order valence-corrected chi connectivity index (χ3v) is 4.14. The number of aliphatic carboxylic acids is 1. The number of carbonyl (C=O) groups is 1. The molecule has 0 saturated heterocycles. The quantitative estimate of drug-likeness (QED) is 0.893. The number of nitrogens with zero attached hydrogens (tertiary/aromatic N) is 1. The maximum absolute atomic E-state index is 10.8. The van der Waals surface area contributed by atoms with Gasteiger partial charge in [-0.1, -0.05) is 0 Å². The van der Waals surface area contributed by atoms with Crippen molar-refractivity contribution in [3.63, 3.8) is 0 Å². The third-order valence-electron chi connectivity index (χ3n) is 2.94. The van der Waals surface area contributed by atoms with E-state index in [2.05, 4.69) is 0 Å². The molecule has 5 heteroatoms. The fraction of sp³-hybridized carbons (Fsp3) is 0.417. The van der Waals surface area contributed by atoms with Crippen LogP contribution >= 0.6 is 11.8 Å². The van der Waals surface area contributed by atoms with Crippen LogP contribution in [0.25, 0.3) is 0 Å². The van der Waals surface area contributed by atoms with Crippen molar-refractivity contribution in [2.45, 2.75) is 17.4 Å². The molecule has 1 unspecified atom stereocenters. The number of hydrogen-bond donors (Lipinski definition) is 1. The molecule has 0 bridgehead atoms. The second-order valence-corrected chi connectivity index (χ2v) is 5.07. The van der Waals surface area contributed by atoms with Crippen LogP contribution in [-0.2, 0) is 4.79 Å². The number of carboxylic acid groups (broad SMARTS) is 1. The van der Waals surface area contributed by atoms with E-state index in [1.807, 2.05) is 30.1 Å². The zero-order chi connectivity index (χ0) is 12.4. The van der Waals surface area contributed by atoms with Gasteiger partial charge in [-0.3, -0.25) is 4.79 Å². The fourth-order valence-corrected chi connectivity index (χ4v) is 3.14. The lowest BCUT2D eigenvalue weighted by atomic mass is 10.1. The normalized spacial score (nSPS) is 18.7. The van der Waals surface area contributed by atoms with E-state index in [1.165, 1.54) is 4.90 Å². The van der Waals surface area contributed by atoms with Gasteiger partial charge in [0.15, 0.2) is 0 Å². The number of benzene rings is 1. The molecular weight excluding hydrogens is 238 g/mol. The minimum atomic E-state index is -0.756. The molecule has 1 aliphatic heterocycles. The molecule has 4 nitrogen and oxygen atoms in total. The summed E-state index contributed by atoms with van der Waals surface area (Å²) in [6.45, 7) is 0. The Morgan fingerprint density at radius 2 is 2.41 bits per heavy atom. The SMILES string of the molecule is COc1ccc2c(c1)N(C)C(CC(=O)O)CS2. The van der Waals surface area contributed by atoms with Crippen molar-refractivity contribution in [2.24, 2.45) is 0 Å². The molecule has 0 spiro atoms. The Hall–Kier alpha value is -1.36. The molecule has 2 rings (SSSR count). The molecule has 1 aromatic rings. The van der Waals surface area contributed by atoms with Crippen molar-refractivity contribution >= 4 is 23.4 Å². The lowest BCUT2D eigenvalue weighted by Crippen LogP contribution is -2.38. The van der Waals surface area contributed by atoms with Crippen LogP contribution in [0.1, 0.15) is 6.42 Å². The second kappa shape index (κ2) is 4.87. The molecule has 1 aromatic carbocycles. The van der Waals surface area contributed by atoms with Crippen molar-refractivity contribution in [1.29, 1.82) is 0 Å². The van der Waals surface area contributed by atoms with E-state index in [4.69, 9.17) is 9.84 Å². The molecule has 0 radical (unpaired) electrons. The van der Waals surface area contributed by atoms with Crippen molar-refractivity contribution < 1.29 is 14.6 Å². The zero-order valence-electron chi connectivity index (χ0n) is 9.84. The van der Waals surface area contributed by atoms with Gasteiger partial charge in [0.25, 0.3) is 0 Å². The second-order valence-electron chi connectivity index (χ2n) is 4.01. The molecule has 1 heterocycles. The first-order valence-electron chi connectivity index (χ1n) is 5.37. The van der Waals surface area contributed by atoms with Crippen LogP contribution in [-0.4, -0.2) is 37.0 Å². The van der Waals surface area contributed by atoms with Crippen molar-refractivity contribution in [3.8, 4) is 5.75 Å². The molecule has 0 saturated carbocycles. The van der Waals surface area contributed by atoms with E-state index in [0.29, 0.717) is 0 Å². The first kappa shape index (κ1) is 12.1. The van der Waals surface area contributed by atoms with E-state index in [9.17, 15) is 4.79 Å². The average molecular weight is 253 g/mol. The Labute approximate surface area is 105 Å². The summed E-state index contributed by atoms with van der Waals surface area (Å²) in [5.74, 6) is 0.850. The number of thioether (sulfide) groups is 1. The highest BCUT2D eigenvalue weighted by Crippen LogP contribution is 2.39. The minimum Gasteiger partial charge on any atom is -0.497 e. The summed E-state index contributed by atoms with van der Waals surface area (Å²) >= 11 is 1.70. The molecule has 0 fully saturated rings. The Morgan fingerprint density at radius 3 is 3.06 bits per heavy atom. The Kier molecular flexibility index (Phi) is 3.47. The van der Waals surface area contributed by atoms with E-state index < -0.39 is 5.97 Å². The van der Waals surface area contributed by atoms with Crippen molar-refractivity contribution in [1.82, 2.24) is 0 Å². The maximum Gasteiger partial charge on any atom is 0.305 e. The molecule has 1 N–H and O–H groups in total.